The predicted octanol–water partition coefficient (Wildman–Crippen LogP) is 7.41. The van der Waals surface area contributed by atoms with Crippen molar-refractivity contribution >= 4 is 46.3 Å². The van der Waals surface area contributed by atoms with E-state index in [1.165, 1.54) is 9.79 Å². The highest BCUT2D eigenvalue weighted by Crippen LogP contribution is 2.29. The van der Waals surface area contributed by atoms with Gasteiger partial charge in [-0.3, -0.25) is 9.98 Å². The largest absolute Gasteiger partial charge is 0.252 e. The third kappa shape index (κ3) is 4.94. The summed E-state index contributed by atoms with van der Waals surface area (Å²) in [5.41, 5.74) is 6.30. The highest BCUT2D eigenvalue weighted by Gasteiger charge is 2.05. The molecule has 28 heavy (non-hydrogen) atoms. The Kier molecular flexibility index (Phi) is 7.12. The molecule has 0 aliphatic heterocycles. The molecule has 0 saturated heterocycles. The van der Waals surface area contributed by atoms with Crippen LogP contribution in [0.3, 0.4) is 0 Å². The summed E-state index contributed by atoms with van der Waals surface area (Å²) >= 11 is 3.44. The summed E-state index contributed by atoms with van der Waals surface area (Å²) in [5.74, 6) is 0. The molecule has 0 aliphatic rings. The van der Waals surface area contributed by atoms with Gasteiger partial charge in [-0.15, -0.1) is 23.5 Å². The minimum Gasteiger partial charge on any atom is -0.252 e. The second-order valence-corrected chi connectivity index (χ2v) is 8.01. The molecule has 0 unspecified atom stereocenters. The lowest BCUT2D eigenvalue weighted by atomic mass is 10.1. The number of hydrogen-bond acceptors (Lipinski definition) is 4. The molecule has 0 aliphatic carbocycles. The molecule has 4 heteroatoms. The quantitative estimate of drug-likeness (QED) is 0.315. The lowest BCUT2D eigenvalue weighted by molar-refractivity contribution is 1.36. The highest BCUT2D eigenvalue weighted by atomic mass is 32.2. The Labute approximate surface area is 176 Å². The maximum Gasteiger partial charge on any atom is 0.0768 e. The van der Waals surface area contributed by atoms with Crippen LogP contribution in [0.4, 0.5) is 11.4 Å². The maximum atomic E-state index is 4.83. The molecule has 0 spiro atoms. The van der Waals surface area contributed by atoms with E-state index < -0.39 is 0 Å². The van der Waals surface area contributed by atoms with Gasteiger partial charge in [-0.1, -0.05) is 48.5 Å². The summed E-state index contributed by atoms with van der Waals surface area (Å²) < 4.78 is 0. The van der Waals surface area contributed by atoms with Crippen molar-refractivity contribution in [1.29, 1.82) is 0 Å². The molecule has 0 atom stereocenters. The Balaban J connectivity index is 1.85. The Morgan fingerprint density at radius 1 is 0.571 bits per heavy atom. The minimum atomic E-state index is 1.01. The van der Waals surface area contributed by atoms with Crippen LogP contribution in [-0.2, 0) is 0 Å². The Hall–Kier alpha value is -2.30. The summed E-state index contributed by atoms with van der Waals surface area (Å²) in [6.07, 6.45) is 4.16. The SMILES string of the molecule is CSc1ccccc1N=C(C)c1ccc(C(C)=Nc2ccccc2SC)cc1. The van der Waals surface area contributed by atoms with Gasteiger partial charge in [-0.2, -0.15) is 0 Å². The predicted molar refractivity (Wildman–Crippen MR) is 127 cm³/mol. The first-order valence-corrected chi connectivity index (χ1v) is 11.5. The molecule has 0 amide bonds. The molecule has 0 fully saturated rings. The molecule has 0 radical (unpaired) electrons. The zero-order valence-electron chi connectivity index (χ0n) is 16.6. The van der Waals surface area contributed by atoms with Gasteiger partial charge >= 0.3 is 0 Å². The Morgan fingerprint density at radius 2 is 0.929 bits per heavy atom. The van der Waals surface area contributed by atoms with Crippen molar-refractivity contribution in [3.8, 4) is 0 Å². The average molecular weight is 405 g/mol. The van der Waals surface area contributed by atoms with Gasteiger partial charge in [0.25, 0.3) is 0 Å². The van der Waals surface area contributed by atoms with Crippen LogP contribution in [0.25, 0.3) is 0 Å². The molecule has 3 aromatic carbocycles. The molecular weight excluding hydrogens is 380 g/mol. The first kappa shape index (κ1) is 20.4. The number of hydrogen-bond donors (Lipinski definition) is 0. The van der Waals surface area contributed by atoms with Crippen molar-refractivity contribution in [3.05, 3.63) is 83.9 Å². The Bertz CT molecular complexity index is 923. The zero-order valence-corrected chi connectivity index (χ0v) is 18.3. The highest BCUT2D eigenvalue weighted by molar-refractivity contribution is 7.99. The molecule has 0 bridgehead atoms. The molecular formula is C24H24N2S2. The van der Waals surface area contributed by atoms with E-state index >= 15 is 0 Å². The topological polar surface area (TPSA) is 24.7 Å². The van der Waals surface area contributed by atoms with E-state index in [4.69, 9.17) is 9.98 Å². The van der Waals surface area contributed by atoms with Crippen molar-refractivity contribution in [2.75, 3.05) is 12.5 Å². The van der Waals surface area contributed by atoms with E-state index in [2.05, 4.69) is 74.9 Å². The van der Waals surface area contributed by atoms with Crippen molar-refractivity contribution in [2.24, 2.45) is 9.98 Å². The number of nitrogens with zero attached hydrogens (tertiary/aromatic N) is 2. The number of benzene rings is 3. The van der Waals surface area contributed by atoms with Crippen LogP contribution in [-0.4, -0.2) is 23.9 Å². The third-order valence-electron chi connectivity index (χ3n) is 4.47. The first-order chi connectivity index (χ1) is 13.6. The van der Waals surface area contributed by atoms with Crippen LogP contribution in [0, 0.1) is 0 Å². The number of para-hydroxylation sites is 2. The zero-order chi connectivity index (χ0) is 19.9. The van der Waals surface area contributed by atoms with Gasteiger partial charge in [0.15, 0.2) is 0 Å². The van der Waals surface area contributed by atoms with Gasteiger partial charge in [0.2, 0.25) is 0 Å². The minimum absolute atomic E-state index is 1.01. The summed E-state index contributed by atoms with van der Waals surface area (Å²) in [6, 6.07) is 25.0. The van der Waals surface area contributed by atoms with E-state index in [9.17, 15) is 0 Å². The second kappa shape index (κ2) is 9.76. The molecule has 2 nitrogen and oxygen atoms in total. The second-order valence-electron chi connectivity index (χ2n) is 6.32. The smallest absolute Gasteiger partial charge is 0.0768 e. The average Bonchev–Trinajstić information content (AvgIpc) is 2.74. The monoisotopic (exact) mass is 404 g/mol. The van der Waals surface area contributed by atoms with Crippen LogP contribution < -0.4 is 0 Å². The standard InChI is InChI=1S/C24H24N2S2/c1-17(25-21-9-5-7-11-23(21)27-3)19-13-15-20(16-14-19)18(2)26-22-10-6-8-12-24(22)28-4/h5-16H,1-4H3. The van der Waals surface area contributed by atoms with E-state index in [-0.39, 0.29) is 0 Å². The van der Waals surface area contributed by atoms with E-state index in [1.54, 1.807) is 23.5 Å². The summed E-state index contributed by atoms with van der Waals surface area (Å²) in [6.45, 7) is 4.11. The number of thioether (sulfide) groups is 2. The molecule has 3 aromatic rings. The summed E-state index contributed by atoms with van der Waals surface area (Å²) in [4.78, 5) is 12.0. The fraction of sp³-hybridized carbons (Fsp3) is 0.167. The Morgan fingerprint density at radius 3 is 1.29 bits per heavy atom. The van der Waals surface area contributed by atoms with Gasteiger partial charge in [-0.25, -0.2) is 0 Å². The molecule has 0 saturated carbocycles. The van der Waals surface area contributed by atoms with Gasteiger partial charge in [-0.05, 0) is 61.8 Å². The van der Waals surface area contributed by atoms with E-state index in [1.807, 2.05) is 24.3 Å². The van der Waals surface area contributed by atoms with Crippen LogP contribution in [0.2, 0.25) is 0 Å². The van der Waals surface area contributed by atoms with Gasteiger partial charge in [0, 0.05) is 21.2 Å². The van der Waals surface area contributed by atoms with Crippen LogP contribution in [0.5, 0.6) is 0 Å². The molecule has 0 N–H and O–H groups in total. The van der Waals surface area contributed by atoms with Gasteiger partial charge in [0.05, 0.1) is 11.4 Å². The maximum absolute atomic E-state index is 4.83. The molecule has 0 heterocycles. The fourth-order valence-corrected chi connectivity index (χ4v) is 3.96. The fourth-order valence-electron chi connectivity index (χ4n) is 2.89. The van der Waals surface area contributed by atoms with Gasteiger partial charge < -0.3 is 0 Å². The van der Waals surface area contributed by atoms with E-state index in [0.29, 0.717) is 0 Å². The molecule has 142 valence electrons. The van der Waals surface area contributed by atoms with E-state index in [0.717, 1.165) is 33.9 Å². The number of rotatable bonds is 6. The lowest BCUT2D eigenvalue weighted by Crippen LogP contribution is -1.98. The number of aliphatic imine (C=N–C) groups is 2. The molecule has 3 rings (SSSR count). The summed E-state index contributed by atoms with van der Waals surface area (Å²) in [5, 5.41) is 0. The van der Waals surface area contributed by atoms with Crippen LogP contribution >= 0.6 is 23.5 Å². The van der Waals surface area contributed by atoms with Crippen LogP contribution in [0.15, 0.2) is 92.6 Å². The lowest BCUT2D eigenvalue weighted by Gasteiger charge is -2.07. The van der Waals surface area contributed by atoms with Gasteiger partial charge in [0.1, 0.15) is 0 Å². The molecule has 0 aromatic heterocycles. The van der Waals surface area contributed by atoms with Crippen LogP contribution in [0.1, 0.15) is 25.0 Å². The van der Waals surface area contributed by atoms with Crippen molar-refractivity contribution in [3.63, 3.8) is 0 Å². The van der Waals surface area contributed by atoms with Crippen molar-refractivity contribution < 1.29 is 0 Å². The van der Waals surface area contributed by atoms with Crippen molar-refractivity contribution in [2.45, 2.75) is 23.6 Å². The third-order valence-corrected chi connectivity index (χ3v) is 6.04. The van der Waals surface area contributed by atoms with Crippen molar-refractivity contribution in [1.82, 2.24) is 0 Å². The normalized spacial score (nSPS) is 12.3. The summed E-state index contributed by atoms with van der Waals surface area (Å²) in [7, 11) is 0. The first-order valence-electron chi connectivity index (χ1n) is 9.10.